The van der Waals surface area contributed by atoms with Crippen molar-refractivity contribution in [2.24, 2.45) is 11.7 Å². The Kier molecular flexibility index (Phi) is 2.76. The van der Waals surface area contributed by atoms with Gasteiger partial charge in [-0.3, -0.25) is 0 Å². The van der Waals surface area contributed by atoms with Crippen molar-refractivity contribution in [3.8, 4) is 5.88 Å². The molecule has 1 saturated heterocycles. The predicted molar refractivity (Wildman–Crippen MR) is 64.8 cm³/mol. The molecule has 0 atom stereocenters. The first-order chi connectivity index (χ1) is 7.55. The fourth-order valence-electron chi connectivity index (χ4n) is 1.89. The van der Waals surface area contributed by atoms with E-state index in [2.05, 4.69) is 23.7 Å². The number of nitrogens with two attached hydrogens (primary N) is 1. The number of pyridine rings is 1. The molecule has 1 aromatic rings. The van der Waals surface area contributed by atoms with Crippen molar-refractivity contribution in [3.05, 3.63) is 18.2 Å². The third-order valence-electron chi connectivity index (χ3n) is 3.36. The van der Waals surface area contributed by atoms with Gasteiger partial charge in [-0.15, -0.1) is 0 Å². The highest BCUT2D eigenvalue weighted by Crippen LogP contribution is 2.30. The Morgan fingerprint density at radius 2 is 2.12 bits per heavy atom. The minimum absolute atomic E-state index is 0.0647. The highest BCUT2D eigenvalue weighted by atomic mass is 16.5. The lowest BCUT2D eigenvalue weighted by Crippen LogP contribution is -2.70. The van der Waals surface area contributed by atoms with E-state index in [0.29, 0.717) is 11.8 Å². The predicted octanol–water partition coefficient (Wildman–Crippen LogP) is 1.26. The molecule has 0 radical (unpaired) electrons. The van der Waals surface area contributed by atoms with E-state index in [9.17, 15) is 0 Å². The van der Waals surface area contributed by atoms with Gasteiger partial charge in [0, 0.05) is 19.2 Å². The van der Waals surface area contributed by atoms with Gasteiger partial charge in [0.15, 0.2) is 0 Å². The van der Waals surface area contributed by atoms with Crippen LogP contribution in [0, 0.1) is 5.92 Å². The number of rotatable bonds is 3. The summed E-state index contributed by atoms with van der Waals surface area (Å²) >= 11 is 0. The molecule has 1 fully saturated rings. The van der Waals surface area contributed by atoms with Crippen molar-refractivity contribution in [3.63, 3.8) is 0 Å². The van der Waals surface area contributed by atoms with Crippen molar-refractivity contribution >= 4 is 5.82 Å². The molecular weight excluding hydrogens is 202 g/mol. The summed E-state index contributed by atoms with van der Waals surface area (Å²) in [5.74, 6) is 2.09. The maximum atomic E-state index is 6.24. The quantitative estimate of drug-likeness (QED) is 0.835. The zero-order chi connectivity index (χ0) is 11.8. The van der Waals surface area contributed by atoms with Crippen LogP contribution < -0.4 is 15.4 Å². The van der Waals surface area contributed by atoms with Gasteiger partial charge < -0.3 is 15.4 Å². The van der Waals surface area contributed by atoms with Crippen LogP contribution in [0.4, 0.5) is 5.82 Å². The van der Waals surface area contributed by atoms with Gasteiger partial charge in [-0.05, 0) is 12.0 Å². The molecule has 0 aromatic carbocycles. The molecule has 88 valence electrons. The summed E-state index contributed by atoms with van der Waals surface area (Å²) in [5, 5.41) is 0. The molecule has 2 heterocycles. The Balaban J connectivity index is 2.06. The topological polar surface area (TPSA) is 51.4 Å². The van der Waals surface area contributed by atoms with E-state index in [4.69, 9.17) is 10.5 Å². The number of anilines is 1. The summed E-state index contributed by atoms with van der Waals surface area (Å²) in [6.07, 6.45) is 0. The van der Waals surface area contributed by atoms with E-state index < -0.39 is 0 Å². The van der Waals surface area contributed by atoms with Crippen LogP contribution >= 0.6 is 0 Å². The average molecular weight is 221 g/mol. The first-order valence-corrected chi connectivity index (χ1v) is 5.60. The minimum atomic E-state index is -0.0647. The monoisotopic (exact) mass is 221 g/mol. The van der Waals surface area contributed by atoms with Crippen molar-refractivity contribution in [1.29, 1.82) is 0 Å². The molecule has 2 rings (SSSR count). The second kappa shape index (κ2) is 3.94. The molecule has 4 nitrogen and oxygen atoms in total. The van der Waals surface area contributed by atoms with Gasteiger partial charge in [-0.1, -0.05) is 19.9 Å². The van der Waals surface area contributed by atoms with Gasteiger partial charge in [0.1, 0.15) is 5.82 Å². The van der Waals surface area contributed by atoms with Crippen molar-refractivity contribution in [2.45, 2.75) is 19.4 Å². The molecule has 4 heteroatoms. The molecule has 2 N–H and O–H groups in total. The summed E-state index contributed by atoms with van der Waals surface area (Å²) in [6.45, 7) is 6.06. The zero-order valence-corrected chi connectivity index (χ0v) is 10.1. The van der Waals surface area contributed by atoms with E-state index in [1.54, 1.807) is 7.11 Å². The Labute approximate surface area is 96.4 Å². The van der Waals surface area contributed by atoms with E-state index in [-0.39, 0.29) is 5.54 Å². The lowest BCUT2D eigenvalue weighted by Gasteiger charge is -2.51. The fraction of sp³-hybridized carbons (Fsp3) is 0.583. The minimum Gasteiger partial charge on any atom is -0.481 e. The third kappa shape index (κ3) is 1.85. The maximum Gasteiger partial charge on any atom is 0.214 e. The highest BCUT2D eigenvalue weighted by molar-refractivity contribution is 5.46. The molecular formula is C12H19N3O. The smallest absolute Gasteiger partial charge is 0.214 e. The van der Waals surface area contributed by atoms with Crippen molar-refractivity contribution in [2.75, 3.05) is 25.1 Å². The largest absolute Gasteiger partial charge is 0.481 e. The third-order valence-corrected chi connectivity index (χ3v) is 3.36. The maximum absolute atomic E-state index is 6.24. The van der Waals surface area contributed by atoms with Crippen LogP contribution in [0.3, 0.4) is 0 Å². The van der Waals surface area contributed by atoms with Crippen LogP contribution in [-0.4, -0.2) is 30.7 Å². The summed E-state index contributed by atoms with van der Waals surface area (Å²) in [4.78, 5) is 6.57. The van der Waals surface area contributed by atoms with Gasteiger partial charge in [0.2, 0.25) is 5.88 Å². The lowest BCUT2D eigenvalue weighted by atomic mass is 9.80. The molecule has 0 bridgehead atoms. The van der Waals surface area contributed by atoms with Crippen LogP contribution in [0.2, 0.25) is 0 Å². The number of hydrogen-bond donors (Lipinski definition) is 1. The number of methoxy groups -OCH3 is 1. The molecule has 0 amide bonds. The average Bonchev–Trinajstić information content (AvgIpc) is 2.24. The first-order valence-electron chi connectivity index (χ1n) is 5.60. The Morgan fingerprint density at radius 1 is 1.44 bits per heavy atom. The molecule has 1 aromatic heterocycles. The summed E-state index contributed by atoms with van der Waals surface area (Å²) in [6, 6.07) is 5.79. The summed E-state index contributed by atoms with van der Waals surface area (Å²) < 4.78 is 5.10. The molecule has 1 aliphatic rings. The lowest BCUT2D eigenvalue weighted by molar-refractivity contribution is 0.243. The standard InChI is InChI=1S/C12H19N3O/c1-9(2)12(13)7-15(8-12)10-5-4-6-11(14-10)16-3/h4-6,9H,7-8,13H2,1-3H3. The SMILES string of the molecule is COc1cccc(N2CC(N)(C(C)C)C2)n1. The first kappa shape index (κ1) is 11.2. The Hall–Kier alpha value is -1.29. The van der Waals surface area contributed by atoms with Crippen LogP contribution in [0.5, 0.6) is 5.88 Å². The van der Waals surface area contributed by atoms with Crippen LogP contribution in [0.1, 0.15) is 13.8 Å². The number of aromatic nitrogens is 1. The Bertz CT molecular complexity index is 372. The molecule has 0 unspecified atom stereocenters. The Morgan fingerprint density at radius 3 is 2.69 bits per heavy atom. The summed E-state index contributed by atoms with van der Waals surface area (Å²) in [5.41, 5.74) is 6.18. The molecule has 0 saturated carbocycles. The van der Waals surface area contributed by atoms with E-state index in [0.717, 1.165) is 18.9 Å². The molecule has 16 heavy (non-hydrogen) atoms. The number of ether oxygens (including phenoxy) is 1. The van der Waals surface area contributed by atoms with Crippen LogP contribution in [-0.2, 0) is 0 Å². The molecule has 0 aliphatic carbocycles. The van der Waals surface area contributed by atoms with Crippen molar-refractivity contribution < 1.29 is 4.74 Å². The second-order valence-electron chi connectivity index (χ2n) is 4.78. The van der Waals surface area contributed by atoms with Gasteiger partial charge >= 0.3 is 0 Å². The van der Waals surface area contributed by atoms with E-state index >= 15 is 0 Å². The fourth-order valence-corrected chi connectivity index (χ4v) is 1.89. The normalized spacial score (nSPS) is 18.4. The zero-order valence-electron chi connectivity index (χ0n) is 10.1. The van der Waals surface area contributed by atoms with Gasteiger partial charge in [-0.25, -0.2) is 0 Å². The molecule has 1 aliphatic heterocycles. The van der Waals surface area contributed by atoms with Crippen LogP contribution in [0.15, 0.2) is 18.2 Å². The van der Waals surface area contributed by atoms with Gasteiger partial charge in [0.25, 0.3) is 0 Å². The number of hydrogen-bond acceptors (Lipinski definition) is 4. The van der Waals surface area contributed by atoms with Crippen LogP contribution in [0.25, 0.3) is 0 Å². The van der Waals surface area contributed by atoms with E-state index in [1.165, 1.54) is 0 Å². The van der Waals surface area contributed by atoms with Crippen molar-refractivity contribution in [1.82, 2.24) is 4.98 Å². The summed E-state index contributed by atoms with van der Waals surface area (Å²) in [7, 11) is 1.63. The van der Waals surface area contributed by atoms with Gasteiger partial charge in [0.05, 0.1) is 12.6 Å². The van der Waals surface area contributed by atoms with E-state index in [1.807, 2.05) is 18.2 Å². The van der Waals surface area contributed by atoms with Gasteiger partial charge in [-0.2, -0.15) is 4.98 Å². The highest BCUT2D eigenvalue weighted by Gasteiger charge is 2.42. The number of nitrogens with zero attached hydrogens (tertiary/aromatic N) is 2. The molecule has 0 spiro atoms. The second-order valence-corrected chi connectivity index (χ2v) is 4.78.